The van der Waals surface area contributed by atoms with Crippen molar-refractivity contribution in [2.24, 2.45) is 0 Å². The van der Waals surface area contributed by atoms with E-state index in [9.17, 15) is 4.79 Å². The normalized spacial score (nSPS) is 14.1. The molecule has 0 saturated heterocycles. The first kappa shape index (κ1) is 15.3. The minimum absolute atomic E-state index is 0.132. The molecule has 0 fully saturated rings. The zero-order valence-electron chi connectivity index (χ0n) is 13.5. The van der Waals surface area contributed by atoms with Crippen molar-refractivity contribution in [1.29, 1.82) is 0 Å². The van der Waals surface area contributed by atoms with Crippen molar-refractivity contribution in [3.63, 3.8) is 0 Å². The minimum atomic E-state index is 0.132. The number of amides is 1. The molecule has 1 amide bonds. The SMILES string of the molecule is CSCc1nc2ccccc2n1CC(=O)N1CCc2[nH]ncc2C1. The van der Waals surface area contributed by atoms with Crippen LogP contribution in [0, 0.1) is 0 Å². The van der Waals surface area contributed by atoms with Crippen LogP contribution in [0.2, 0.25) is 0 Å². The number of benzene rings is 1. The second kappa shape index (κ2) is 6.32. The maximum absolute atomic E-state index is 12.8. The van der Waals surface area contributed by atoms with Gasteiger partial charge < -0.3 is 9.47 Å². The number of aromatic nitrogens is 4. The van der Waals surface area contributed by atoms with Crippen LogP contribution in [0.3, 0.4) is 0 Å². The van der Waals surface area contributed by atoms with Crippen LogP contribution < -0.4 is 0 Å². The van der Waals surface area contributed by atoms with Gasteiger partial charge in [-0.05, 0) is 18.4 Å². The number of H-pyrrole nitrogens is 1. The second-order valence-corrected chi connectivity index (χ2v) is 6.84. The van der Waals surface area contributed by atoms with Gasteiger partial charge in [0.2, 0.25) is 5.91 Å². The number of nitrogens with one attached hydrogen (secondary N) is 1. The summed E-state index contributed by atoms with van der Waals surface area (Å²) in [6.45, 7) is 1.71. The number of rotatable bonds is 4. The van der Waals surface area contributed by atoms with Gasteiger partial charge in [0, 0.05) is 30.8 Å². The number of imidazole rings is 1. The summed E-state index contributed by atoms with van der Waals surface area (Å²) in [4.78, 5) is 19.4. The minimum Gasteiger partial charge on any atom is -0.336 e. The molecule has 0 aliphatic carbocycles. The van der Waals surface area contributed by atoms with Crippen molar-refractivity contribution < 1.29 is 4.79 Å². The Morgan fingerprint density at radius 3 is 3.12 bits per heavy atom. The Bertz CT molecular complexity index is 884. The van der Waals surface area contributed by atoms with E-state index in [0.717, 1.165) is 46.8 Å². The van der Waals surface area contributed by atoms with Gasteiger partial charge in [0.05, 0.1) is 23.0 Å². The summed E-state index contributed by atoms with van der Waals surface area (Å²) >= 11 is 1.72. The number of carbonyl (C=O) groups is 1. The molecule has 0 saturated carbocycles. The van der Waals surface area contributed by atoms with Crippen LogP contribution in [0.25, 0.3) is 11.0 Å². The van der Waals surface area contributed by atoms with E-state index in [-0.39, 0.29) is 5.91 Å². The molecular formula is C17H19N5OS. The number of hydrogen-bond acceptors (Lipinski definition) is 4. The zero-order chi connectivity index (χ0) is 16.5. The highest BCUT2D eigenvalue weighted by Crippen LogP contribution is 2.21. The quantitative estimate of drug-likeness (QED) is 0.790. The van der Waals surface area contributed by atoms with E-state index < -0.39 is 0 Å². The van der Waals surface area contributed by atoms with Gasteiger partial charge in [0.1, 0.15) is 12.4 Å². The summed E-state index contributed by atoms with van der Waals surface area (Å²) in [5, 5.41) is 7.08. The van der Waals surface area contributed by atoms with Gasteiger partial charge >= 0.3 is 0 Å². The number of carbonyl (C=O) groups excluding carboxylic acids is 1. The lowest BCUT2D eigenvalue weighted by atomic mass is 10.1. The predicted octanol–water partition coefficient (Wildman–Crippen LogP) is 2.21. The summed E-state index contributed by atoms with van der Waals surface area (Å²) in [6, 6.07) is 8.00. The number of fused-ring (bicyclic) bond motifs is 2. The molecule has 3 aromatic rings. The third kappa shape index (κ3) is 2.69. The lowest BCUT2D eigenvalue weighted by Gasteiger charge is -2.27. The first-order valence-corrected chi connectivity index (χ1v) is 9.37. The second-order valence-electron chi connectivity index (χ2n) is 5.97. The zero-order valence-corrected chi connectivity index (χ0v) is 14.3. The van der Waals surface area contributed by atoms with Gasteiger partial charge in [-0.15, -0.1) is 0 Å². The third-order valence-electron chi connectivity index (χ3n) is 4.45. The van der Waals surface area contributed by atoms with Crippen molar-refractivity contribution in [3.05, 3.63) is 47.5 Å². The van der Waals surface area contributed by atoms with E-state index in [2.05, 4.69) is 26.0 Å². The molecular weight excluding hydrogens is 322 g/mol. The molecule has 2 aromatic heterocycles. The van der Waals surface area contributed by atoms with Crippen molar-refractivity contribution in [2.45, 2.75) is 25.3 Å². The van der Waals surface area contributed by atoms with E-state index in [0.29, 0.717) is 13.1 Å². The smallest absolute Gasteiger partial charge is 0.242 e. The average molecular weight is 341 g/mol. The highest BCUT2D eigenvalue weighted by atomic mass is 32.2. The molecule has 24 heavy (non-hydrogen) atoms. The van der Waals surface area contributed by atoms with Gasteiger partial charge in [0.25, 0.3) is 0 Å². The van der Waals surface area contributed by atoms with E-state index in [1.54, 1.807) is 11.8 Å². The molecule has 1 aliphatic heterocycles. The lowest BCUT2D eigenvalue weighted by molar-refractivity contribution is -0.132. The van der Waals surface area contributed by atoms with Crippen LogP contribution in [-0.2, 0) is 30.1 Å². The number of thioether (sulfide) groups is 1. The van der Waals surface area contributed by atoms with Gasteiger partial charge in [-0.3, -0.25) is 9.89 Å². The fourth-order valence-corrected chi connectivity index (χ4v) is 3.69. The van der Waals surface area contributed by atoms with Crippen LogP contribution in [0.5, 0.6) is 0 Å². The molecule has 0 bridgehead atoms. The summed E-state index contributed by atoms with van der Waals surface area (Å²) in [7, 11) is 0. The molecule has 1 aromatic carbocycles. The van der Waals surface area contributed by atoms with E-state index in [1.807, 2.05) is 35.4 Å². The molecule has 6 nitrogen and oxygen atoms in total. The Morgan fingerprint density at radius 2 is 2.25 bits per heavy atom. The Hall–Kier alpha value is -2.28. The van der Waals surface area contributed by atoms with Crippen molar-refractivity contribution in [1.82, 2.24) is 24.6 Å². The molecule has 3 heterocycles. The van der Waals surface area contributed by atoms with Crippen LogP contribution in [-0.4, -0.2) is 43.4 Å². The van der Waals surface area contributed by atoms with E-state index in [4.69, 9.17) is 0 Å². The third-order valence-corrected chi connectivity index (χ3v) is 5.00. The summed E-state index contributed by atoms with van der Waals surface area (Å²) in [6.07, 6.45) is 4.71. The highest BCUT2D eigenvalue weighted by molar-refractivity contribution is 7.97. The lowest BCUT2D eigenvalue weighted by Crippen LogP contribution is -2.38. The molecule has 1 aliphatic rings. The highest BCUT2D eigenvalue weighted by Gasteiger charge is 2.23. The number of nitrogens with zero attached hydrogens (tertiary/aromatic N) is 4. The number of aromatic amines is 1. The Kier molecular flexibility index (Phi) is 4.02. The molecule has 124 valence electrons. The maximum Gasteiger partial charge on any atom is 0.242 e. The molecule has 0 atom stereocenters. The van der Waals surface area contributed by atoms with Crippen LogP contribution in [0.15, 0.2) is 30.5 Å². The summed E-state index contributed by atoms with van der Waals surface area (Å²) < 4.78 is 2.05. The molecule has 1 N–H and O–H groups in total. The van der Waals surface area contributed by atoms with Crippen molar-refractivity contribution in [3.8, 4) is 0 Å². The molecule has 7 heteroatoms. The molecule has 0 spiro atoms. The van der Waals surface area contributed by atoms with Crippen LogP contribution in [0.1, 0.15) is 17.1 Å². The molecule has 0 radical (unpaired) electrons. The predicted molar refractivity (Wildman–Crippen MR) is 94.7 cm³/mol. The number of para-hydroxylation sites is 2. The topological polar surface area (TPSA) is 66.8 Å². The van der Waals surface area contributed by atoms with Crippen molar-refractivity contribution >= 4 is 28.7 Å². The van der Waals surface area contributed by atoms with E-state index >= 15 is 0 Å². The van der Waals surface area contributed by atoms with Crippen molar-refractivity contribution in [2.75, 3.05) is 12.8 Å². The van der Waals surface area contributed by atoms with E-state index in [1.165, 1.54) is 0 Å². The Labute approximate surface area is 144 Å². The fraction of sp³-hybridized carbons (Fsp3) is 0.353. The standard InChI is InChI=1S/C17H19N5OS/c1-24-11-16-19-14-4-2-3-5-15(14)22(16)10-17(23)21-7-6-13-12(9-21)8-18-20-13/h2-5,8H,6-7,9-11H2,1H3,(H,18,20). The Morgan fingerprint density at radius 1 is 1.38 bits per heavy atom. The Balaban J connectivity index is 1.60. The largest absolute Gasteiger partial charge is 0.336 e. The average Bonchev–Trinajstić information content (AvgIpc) is 3.19. The van der Waals surface area contributed by atoms with Gasteiger partial charge in [-0.25, -0.2) is 4.98 Å². The van der Waals surface area contributed by atoms with Crippen LogP contribution in [0.4, 0.5) is 0 Å². The summed E-state index contributed by atoms with van der Waals surface area (Å²) in [5.74, 6) is 1.89. The fourth-order valence-electron chi connectivity index (χ4n) is 3.21. The summed E-state index contributed by atoms with van der Waals surface area (Å²) in [5.41, 5.74) is 4.24. The van der Waals surface area contributed by atoms with Gasteiger partial charge in [-0.1, -0.05) is 12.1 Å². The molecule has 4 rings (SSSR count). The number of hydrogen-bond donors (Lipinski definition) is 1. The first-order valence-electron chi connectivity index (χ1n) is 7.98. The first-order chi connectivity index (χ1) is 11.8. The monoisotopic (exact) mass is 341 g/mol. The molecule has 0 unspecified atom stereocenters. The maximum atomic E-state index is 12.8. The van der Waals surface area contributed by atoms with Gasteiger partial charge in [0.15, 0.2) is 0 Å². The van der Waals surface area contributed by atoms with Crippen LogP contribution >= 0.6 is 11.8 Å². The van der Waals surface area contributed by atoms with Gasteiger partial charge in [-0.2, -0.15) is 16.9 Å².